The van der Waals surface area contributed by atoms with E-state index in [0.717, 1.165) is 23.3 Å². The lowest BCUT2D eigenvalue weighted by molar-refractivity contribution is -0.117. The molecule has 0 aromatic heterocycles. The fraction of sp³-hybridized carbons (Fsp3) is 0.429. The van der Waals surface area contributed by atoms with Gasteiger partial charge in [0.1, 0.15) is 0 Å². The third-order valence-electron chi connectivity index (χ3n) is 2.54. The minimum Gasteiger partial charge on any atom is -0.392 e. The molecule has 0 aliphatic rings. The Balaban J connectivity index is 2.26. The topological polar surface area (TPSA) is 78.4 Å². The average Bonchev–Trinajstić information content (AvgIpc) is 2.46. The molecule has 5 nitrogen and oxygen atoms in total. The number of aliphatic hydroxyl groups is 1. The Labute approximate surface area is 123 Å². The molecular formula is C14H20N2O3S. The molecule has 0 saturated heterocycles. The fourth-order valence-electron chi connectivity index (χ4n) is 1.43. The Kier molecular flexibility index (Phi) is 7.75. The molecule has 0 fully saturated rings. The van der Waals surface area contributed by atoms with Crippen molar-refractivity contribution in [1.82, 2.24) is 10.6 Å². The van der Waals surface area contributed by atoms with Crippen molar-refractivity contribution in [3.8, 4) is 0 Å². The average molecular weight is 296 g/mol. The second-order valence-corrected chi connectivity index (χ2v) is 5.30. The maximum Gasteiger partial charge on any atom is 0.321 e. The van der Waals surface area contributed by atoms with Crippen molar-refractivity contribution >= 4 is 23.7 Å². The van der Waals surface area contributed by atoms with Gasteiger partial charge in [0.25, 0.3) is 0 Å². The summed E-state index contributed by atoms with van der Waals surface area (Å²) in [6.07, 6.45) is 1.89. The number of carbonyl (C=O) groups is 2. The molecule has 0 heterocycles. The van der Waals surface area contributed by atoms with Gasteiger partial charge >= 0.3 is 6.03 Å². The molecule has 1 rings (SSSR count). The van der Waals surface area contributed by atoms with Crippen LogP contribution in [0.2, 0.25) is 0 Å². The smallest absolute Gasteiger partial charge is 0.321 e. The number of hydrogen-bond donors (Lipinski definition) is 3. The monoisotopic (exact) mass is 296 g/mol. The number of thioether (sulfide) groups is 1. The van der Waals surface area contributed by atoms with Gasteiger partial charge in [0, 0.05) is 11.4 Å². The van der Waals surface area contributed by atoms with Crippen molar-refractivity contribution < 1.29 is 14.7 Å². The molecule has 3 amide bonds. The maximum absolute atomic E-state index is 11.5. The highest BCUT2D eigenvalue weighted by Crippen LogP contribution is 2.18. The van der Waals surface area contributed by atoms with E-state index >= 15 is 0 Å². The zero-order chi connectivity index (χ0) is 14.8. The van der Waals surface area contributed by atoms with E-state index in [2.05, 4.69) is 10.6 Å². The fourth-order valence-corrected chi connectivity index (χ4v) is 2.12. The number of carbonyl (C=O) groups excluding carboxylic acids is 2. The van der Waals surface area contributed by atoms with Crippen molar-refractivity contribution in [2.45, 2.75) is 31.3 Å². The van der Waals surface area contributed by atoms with Crippen LogP contribution in [0.25, 0.3) is 0 Å². The lowest BCUT2D eigenvalue weighted by Gasteiger charge is -2.06. The summed E-state index contributed by atoms with van der Waals surface area (Å²) in [5.41, 5.74) is 0.828. The highest BCUT2D eigenvalue weighted by molar-refractivity contribution is 8.00. The van der Waals surface area contributed by atoms with E-state index < -0.39 is 6.03 Å². The molecule has 6 heteroatoms. The Morgan fingerprint density at radius 1 is 1.25 bits per heavy atom. The van der Waals surface area contributed by atoms with Gasteiger partial charge in [0.05, 0.1) is 12.4 Å². The molecule has 0 radical (unpaired) electrons. The van der Waals surface area contributed by atoms with Gasteiger partial charge in [-0.2, -0.15) is 0 Å². The third kappa shape index (κ3) is 6.58. The first-order valence-electron chi connectivity index (χ1n) is 6.56. The standard InChI is InChI=1S/C14H20N2O3S/c1-2-3-8-15-14(19)16-13(18)10-20-12-6-4-11(9-17)5-7-12/h4-7,17H,2-3,8-10H2,1H3,(H2,15,16,18,19). The number of benzene rings is 1. The molecule has 0 atom stereocenters. The Morgan fingerprint density at radius 2 is 1.95 bits per heavy atom. The van der Waals surface area contributed by atoms with Gasteiger partial charge in [-0.25, -0.2) is 4.79 Å². The van der Waals surface area contributed by atoms with E-state index in [0.29, 0.717) is 6.54 Å². The number of aliphatic hydroxyl groups excluding tert-OH is 1. The molecule has 3 N–H and O–H groups in total. The molecule has 110 valence electrons. The number of imide groups is 1. The highest BCUT2D eigenvalue weighted by Gasteiger charge is 2.07. The number of hydrogen-bond acceptors (Lipinski definition) is 4. The van der Waals surface area contributed by atoms with Crippen LogP contribution in [-0.2, 0) is 11.4 Å². The normalized spacial score (nSPS) is 10.1. The number of rotatable bonds is 7. The second-order valence-electron chi connectivity index (χ2n) is 4.25. The van der Waals surface area contributed by atoms with Gasteiger partial charge in [-0.3, -0.25) is 10.1 Å². The van der Waals surface area contributed by atoms with Crippen molar-refractivity contribution in [3.05, 3.63) is 29.8 Å². The molecule has 0 saturated carbocycles. The van der Waals surface area contributed by atoms with Gasteiger partial charge in [0.2, 0.25) is 5.91 Å². The van der Waals surface area contributed by atoms with Crippen molar-refractivity contribution in [2.75, 3.05) is 12.3 Å². The van der Waals surface area contributed by atoms with Crippen LogP contribution < -0.4 is 10.6 Å². The number of unbranched alkanes of at least 4 members (excludes halogenated alkanes) is 1. The molecule has 1 aromatic carbocycles. The lowest BCUT2D eigenvalue weighted by Crippen LogP contribution is -2.40. The number of urea groups is 1. The molecular weight excluding hydrogens is 276 g/mol. The summed E-state index contributed by atoms with van der Waals surface area (Å²) in [5.74, 6) is -0.144. The molecule has 0 unspecified atom stereocenters. The minimum absolute atomic E-state index is 0.00334. The summed E-state index contributed by atoms with van der Waals surface area (Å²) in [5, 5.41) is 13.8. The van der Waals surface area contributed by atoms with E-state index in [4.69, 9.17) is 5.11 Å². The summed E-state index contributed by atoms with van der Waals surface area (Å²) < 4.78 is 0. The van der Waals surface area contributed by atoms with E-state index in [1.807, 2.05) is 19.1 Å². The summed E-state index contributed by atoms with van der Waals surface area (Å²) in [7, 11) is 0. The predicted octanol–water partition coefficient (Wildman–Crippen LogP) is 1.90. The van der Waals surface area contributed by atoms with Crippen molar-refractivity contribution in [2.24, 2.45) is 0 Å². The van der Waals surface area contributed by atoms with Gasteiger partial charge < -0.3 is 10.4 Å². The maximum atomic E-state index is 11.5. The van der Waals surface area contributed by atoms with Gasteiger partial charge in [-0.1, -0.05) is 25.5 Å². The van der Waals surface area contributed by atoms with Crippen LogP contribution in [0.15, 0.2) is 29.2 Å². The van der Waals surface area contributed by atoms with Crippen LogP contribution in [0, 0.1) is 0 Å². The quantitative estimate of drug-likeness (QED) is 0.530. The summed E-state index contributed by atoms with van der Waals surface area (Å²) in [6, 6.07) is 6.84. The summed E-state index contributed by atoms with van der Waals surface area (Å²) in [4.78, 5) is 23.8. The Morgan fingerprint density at radius 3 is 2.55 bits per heavy atom. The summed E-state index contributed by atoms with van der Waals surface area (Å²) in [6.45, 7) is 2.61. The minimum atomic E-state index is -0.445. The molecule has 20 heavy (non-hydrogen) atoms. The molecule has 0 spiro atoms. The Bertz CT molecular complexity index is 435. The molecule has 0 aliphatic heterocycles. The number of nitrogens with one attached hydrogen (secondary N) is 2. The van der Waals surface area contributed by atoms with E-state index in [-0.39, 0.29) is 18.3 Å². The first-order chi connectivity index (χ1) is 9.65. The van der Waals surface area contributed by atoms with Crippen LogP contribution in [0.3, 0.4) is 0 Å². The zero-order valence-electron chi connectivity index (χ0n) is 11.5. The third-order valence-corrected chi connectivity index (χ3v) is 3.56. The van der Waals surface area contributed by atoms with Gasteiger partial charge in [0.15, 0.2) is 0 Å². The van der Waals surface area contributed by atoms with E-state index in [1.165, 1.54) is 11.8 Å². The SMILES string of the molecule is CCCCNC(=O)NC(=O)CSc1ccc(CO)cc1. The zero-order valence-corrected chi connectivity index (χ0v) is 12.3. The first kappa shape index (κ1) is 16.5. The highest BCUT2D eigenvalue weighted by atomic mass is 32.2. The Hall–Kier alpha value is -1.53. The van der Waals surface area contributed by atoms with Crippen molar-refractivity contribution in [3.63, 3.8) is 0 Å². The largest absolute Gasteiger partial charge is 0.392 e. The lowest BCUT2D eigenvalue weighted by atomic mass is 10.2. The van der Waals surface area contributed by atoms with Crippen LogP contribution in [-0.4, -0.2) is 29.3 Å². The van der Waals surface area contributed by atoms with Crippen LogP contribution in [0.1, 0.15) is 25.3 Å². The second kappa shape index (κ2) is 9.39. The van der Waals surface area contributed by atoms with Crippen molar-refractivity contribution in [1.29, 1.82) is 0 Å². The van der Waals surface area contributed by atoms with E-state index in [1.54, 1.807) is 12.1 Å². The first-order valence-corrected chi connectivity index (χ1v) is 7.54. The molecule has 1 aromatic rings. The molecule has 0 bridgehead atoms. The van der Waals surface area contributed by atoms with E-state index in [9.17, 15) is 9.59 Å². The summed E-state index contributed by atoms with van der Waals surface area (Å²) >= 11 is 1.34. The van der Waals surface area contributed by atoms with Crippen LogP contribution in [0.4, 0.5) is 4.79 Å². The number of amides is 3. The van der Waals surface area contributed by atoms with Gasteiger partial charge in [-0.05, 0) is 24.1 Å². The van der Waals surface area contributed by atoms with Gasteiger partial charge in [-0.15, -0.1) is 11.8 Å². The molecule has 0 aliphatic carbocycles. The van der Waals surface area contributed by atoms with Crippen LogP contribution >= 0.6 is 11.8 Å². The van der Waals surface area contributed by atoms with Crippen LogP contribution in [0.5, 0.6) is 0 Å². The predicted molar refractivity (Wildman–Crippen MR) is 79.5 cm³/mol.